The second-order valence-electron chi connectivity index (χ2n) is 6.56. The van der Waals surface area contributed by atoms with Gasteiger partial charge in [-0.3, -0.25) is 9.52 Å². The number of carbonyl (C=O) groups excluding carboxylic acids is 1. The topological polar surface area (TPSA) is 84.9 Å². The maximum atomic E-state index is 12.9. The van der Waals surface area contributed by atoms with Crippen molar-refractivity contribution in [3.63, 3.8) is 0 Å². The van der Waals surface area contributed by atoms with E-state index >= 15 is 0 Å². The number of nitrogens with zero attached hydrogens (tertiary/aromatic N) is 1. The van der Waals surface area contributed by atoms with Crippen molar-refractivity contribution >= 4 is 27.3 Å². The van der Waals surface area contributed by atoms with Crippen LogP contribution in [0.2, 0.25) is 0 Å². The SMILES string of the molecule is O=C1CCc2cc(S(=O)(=O)Nc3ccc4c(c3)OCO4)cc3c2N1CC3. The number of fused-ring (bicyclic) bond motifs is 1. The quantitative estimate of drug-likeness (QED) is 0.891. The molecule has 134 valence electrons. The van der Waals surface area contributed by atoms with E-state index in [0.29, 0.717) is 43.0 Å². The van der Waals surface area contributed by atoms with Gasteiger partial charge >= 0.3 is 0 Å². The maximum absolute atomic E-state index is 12.9. The molecule has 2 aromatic carbocycles. The molecule has 2 aromatic rings. The van der Waals surface area contributed by atoms with Crippen LogP contribution in [0.5, 0.6) is 11.5 Å². The average molecular weight is 372 g/mol. The predicted octanol–water partition coefficient (Wildman–Crippen LogP) is 2.05. The lowest BCUT2D eigenvalue weighted by Crippen LogP contribution is -2.33. The lowest BCUT2D eigenvalue weighted by molar-refractivity contribution is -0.118. The molecule has 8 heteroatoms. The van der Waals surface area contributed by atoms with Gasteiger partial charge in [-0.2, -0.15) is 0 Å². The predicted molar refractivity (Wildman–Crippen MR) is 94.2 cm³/mol. The van der Waals surface area contributed by atoms with E-state index < -0.39 is 10.0 Å². The fraction of sp³-hybridized carbons (Fsp3) is 0.278. The smallest absolute Gasteiger partial charge is 0.261 e. The number of rotatable bonds is 3. The van der Waals surface area contributed by atoms with Crippen molar-refractivity contribution < 1.29 is 22.7 Å². The Morgan fingerprint density at radius 1 is 0.962 bits per heavy atom. The highest BCUT2D eigenvalue weighted by Crippen LogP contribution is 2.39. The molecule has 0 aromatic heterocycles. The van der Waals surface area contributed by atoms with Crippen molar-refractivity contribution in [1.82, 2.24) is 0 Å². The van der Waals surface area contributed by atoms with Crippen molar-refractivity contribution in [2.45, 2.75) is 24.2 Å². The van der Waals surface area contributed by atoms with Crippen molar-refractivity contribution in [3.05, 3.63) is 41.5 Å². The third kappa shape index (κ3) is 2.33. The first-order chi connectivity index (χ1) is 12.5. The summed E-state index contributed by atoms with van der Waals surface area (Å²) >= 11 is 0. The standard InChI is InChI=1S/C18H16N2O5S/c21-17-4-1-11-7-14(8-12-5-6-20(17)18(11)12)26(22,23)19-13-2-3-15-16(9-13)25-10-24-15/h2-3,7-9,19H,1,4-6,10H2. The van der Waals surface area contributed by atoms with Gasteiger partial charge in [0.15, 0.2) is 11.5 Å². The molecule has 3 aliphatic heterocycles. The minimum absolute atomic E-state index is 0.116. The molecular formula is C18H16N2O5S. The monoisotopic (exact) mass is 372 g/mol. The van der Waals surface area contributed by atoms with Crippen LogP contribution in [0.4, 0.5) is 11.4 Å². The molecule has 7 nitrogen and oxygen atoms in total. The minimum atomic E-state index is -3.74. The van der Waals surface area contributed by atoms with E-state index in [1.165, 1.54) is 0 Å². The van der Waals surface area contributed by atoms with Crippen LogP contribution < -0.4 is 19.1 Å². The van der Waals surface area contributed by atoms with E-state index in [-0.39, 0.29) is 17.6 Å². The highest BCUT2D eigenvalue weighted by molar-refractivity contribution is 7.92. The summed E-state index contributed by atoms with van der Waals surface area (Å²) in [6, 6.07) is 8.28. The molecule has 0 radical (unpaired) electrons. The van der Waals surface area contributed by atoms with Crippen LogP contribution in [0.15, 0.2) is 35.2 Å². The molecule has 0 unspecified atom stereocenters. The fourth-order valence-electron chi connectivity index (χ4n) is 3.76. The summed E-state index contributed by atoms with van der Waals surface area (Å²) in [5.74, 6) is 1.23. The Morgan fingerprint density at radius 2 is 1.73 bits per heavy atom. The molecule has 3 aliphatic rings. The number of aryl methyl sites for hydroxylation is 1. The highest BCUT2D eigenvalue weighted by Gasteiger charge is 2.33. The maximum Gasteiger partial charge on any atom is 0.261 e. The van der Waals surface area contributed by atoms with Crippen LogP contribution >= 0.6 is 0 Å². The summed E-state index contributed by atoms with van der Waals surface area (Å²) in [5.41, 5.74) is 3.16. The average Bonchev–Trinajstić information content (AvgIpc) is 3.25. The molecule has 0 atom stereocenters. The Morgan fingerprint density at radius 3 is 2.58 bits per heavy atom. The number of hydrogen-bond donors (Lipinski definition) is 1. The lowest BCUT2D eigenvalue weighted by Gasteiger charge is -2.25. The van der Waals surface area contributed by atoms with Gasteiger partial charge in [-0.25, -0.2) is 8.42 Å². The summed E-state index contributed by atoms with van der Waals surface area (Å²) in [7, 11) is -3.74. The lowest BCUT2D eigenvalue weighted by atomic mass is 10.00. The summed E-state index contributed by atoms with van der Waals surface area (Å²) in [6.45, 7) is 0.759. The number of amides is 1. The van der Waals surface area contributed by atoms with Gasteiger partial charge in [0.05, 0.1) is 16.3 Å². The Labute approximate surface area is 150 Å². The van der Waals surface area contributed by atoms with Crippen LogP contribution in [-0.2, 0) is 27.7 Å². The Hall–Kier alpha value is -2.74. The molecule has 0 fully saturated rings. The molecule has 0 saturated carbocycles. The zero-order valence-electron chi connectivity index (χ0n) is 13.8. The molecule has 3 heterocycles. The van der Waals surface area contributed by atoms with E-state index in [1.54, 1.807) is 35.2 Å². The van der Waals surface area contributed by atoms with Crippen LogP contribution in [-0.4, -0.2) is 27.7 Å². The number of benzene rings is 2. The van der Waals surface area contributed by atoms with E-state index in [0.717, 1.165) is 16.8 Å². The minimum Gasteiger partial charge on any atom is -0.454 e. The van der Waals surface area contributed by atoms with Crippen LogP contribution in [0, 0.1) is 0 Å². The van der Waals surface area contributed by atoms with Crippen molar-refractivity contribution in [1.29, 1.82) is 0 Å². The second-order valence-corrected chi connectivity index (χ2v) is 8.24. The summed E-state index contributed by atoms with van der Waals surface area (Å²) < 4.78 is 38.9. The van der Waals surface area contributed by atoms with Gasteiger partial charge in [0, 0.05) is 19.0 Å². The molecule has 1 amide bonds. The molecule has 26 heavy (non-hydrogen) atoms. The molecule has 5 rings (SSSR count). The number of sulfonamides is 1. The van der Waals surface area contributed by atoms with Gasteiger partial charge < -0.3 is 14.4 Å². The second kappa shape index (κ2) is 5.38. The van der Waals surface area contributed by atoms with Gasteiger partial charge in [-0.05, 0) is 48.2 Å². The normalized spacial score (nSPS) is 17.4. The number of nitrogens with one attached hydrogen (secondary N) is 1. The van der Waals surface area contributed by atoms with Crippen molar-refractivity contribution in [2.75, 3.05) is 23.0 Å². The van der Waals surface area contributed by atoms with Crippen LogP contribution in [0.1, 0.15) is 17.5 Å². The van der Waals surface area contributed by atoms with E-state index in [1.807, 2.05) is 0 Å². The molecule has 0 spiro atoms. The van der Waals surface area contributed by atoms with Gasteiger partial charge in [0.1, 0.15) is 0 Å². The molecule has 0 saturated heterocycles. The van der Waals surface area contributed by atoms with E-state index in [9.17, 15) is 13.2 Å². The van der Waals surface area contributed by atoms with Gasteiger partial charge in [-0.15, -0.1) is 0 Å². The highest BCUT2D eigenvalue weighted by atomic mass is 32.2. The van der Waals surface area contributed by atoms with Crippen molar-refractivity contribution in [3.8, 4) is 11.5 Å². The number of ether oxygens (including phenoxy) is 2. The third-order valence-corrected chi connectivity index (χ3v) is 6.32. The number of hydrogen-bond acceptors (Lipinski definition) is 5. The Bertz CT molecular complexity index is 1050. The van der Waals surface area contributed by atoms with E-state index in [2.05, 4.69) is 4.72 Å². The zero-order chi connectivity index (χ0) is 17.9. The summed E-state index contributed by atoms with van der Waals surface area (Å²) in [4.78, 5) is 14.0. The molecule has 0 aliphatic carbocycles. The van der Waals surface area contributed by atoms with E-state index in [4.69, 9.17) is 9.47 Å². The Balaban J connectivity index is 1.51. The first kappa shape index (κ1) is 15.5. The van der Waals surface area contributed by atoms with Gasteiger partial charge in [0.25, 0.3) is 10.0 Å². The van der Waals surface area contributed by atoms with Gasteiger partial charge in [-0.1, -0.05) is 0 Å². The molecule has 1 N–H and O–H groups in total. The van der Waals surface area contributed by atoms with Gasteiger partial charge in [0.2, 0.25) is 12.7 Å². The van der Waals surface area contributed by atoms with Crippen LogP contribution in [0.25, 0.3) is 0 Å². The summed E-state index contributed by atoms with van der Waals surface area (Å²) in [5, 5.41) is 0. The zero-order valence-corrected chi connectivity index (χ0v) is 14.6. The molecular weight excluding hydrogens is 356 g/mol. The largest absolute Gasteiger partial charge is 0.454 e. The first-order valence-electron chi connectivity index (χ1n) is 8.40. The fourth-order valence-corrected chi connectivity index (χ4v) is 4.91. The van der Waals surface area contributed by atoms with Crippen LogP contribution in [0.3, 0.4) is 0 Å². The first-order valence-corrected chi connectivity index (χ1v) is 9.88. The molecule has 0 bridgehead atoms. The Kier molecular flexibility index (Phi) is 3.21. The number of anilines is 2. The third-order valence-electron chi connectivity index (χ3n) is 4.96. The van der Waals surface area contributed by atoms with Crippen molar-refractivity contribution in [2.24, 2.45) is 0 Å². The summed E-state index contributed by atoms with van der Waals surface area (Å²) in [6.07, 6.45) is 1.68. The number of carbonyl (C=O) groups is 1.